The summed E-state index contributed by atoms with van der Waals surface area (Å²) in [7, 11) is -10.1. The second kappa shape index (κ2) is 13.1. The van der Waals surface area contributed by atoms with Gasteiger partial charge in [-0.1, -0.05) is 23.7 Å². The van der Waals surface area contributed by atoms with Crippen molar-refractivity contribution < 1.29 is 55.5 Å². The number of esters is 1. The molecule has 1 fully saturated rings. The lowest BCUT2D eigenvalue weighted by atomic mass is 10.2. The number of ether oxygens (including phenoxy) is 1. The zero-order chi connectivity index (χ0) is 24.2. The van der Waals surface area contributed by atoms with Crippen LogP contribution in [0.5, 0.6) is 0 Å². The molecule has 0 amide bonds. The van der Waals surface area contributed by atoms with E-state index in [0.29, 0.717) is 0 Å². The van der Waals surface area contributed by atoms with E-state index in [1.165, 1.54) is 0 Å². The minimum absolute atomic E-state index is 0.527. The van der Waals surface area contributed by atoms with Crippen molar-refractivity contribution in [2.75, 3.05) is 33.5 Å². The van der Waals surface area contributed by atoms with Crippen LogP contribution in [-0.4, -0.2) is 64.5 Å². The van der Waals surface area contributed by atoms with Crippen LogP contribution in [0.15, 0.2) is 0 Å². The number of rotatable bonds is 13. The van der Waals surface area contributed by atoms with Crippen LogP contribution in [0, 0.1) is 49.4 Å². The Morgan fingerprint density at radius 2 is 1.47 bits per heavy atom. The molecule has 0 spiro atoms. The van der Waals surface area contributed by atoms with Gasteiger partial charge in [-0.3, -0.25) is 32.0 Å². The number of terminal acetylenes is 4. The summed E-state index contributed by atoms with van der Waals surface area (Å²) in [5.74, 6) is 1.41. The Morgan fingerprint density at radius 3 is 1.91 bits per heavy atom. The molecule has 12 nitrogen and oxygen atoms in total. The van der Waals surface area contributed by atoms with Gasteiger partial charge in [-0.25, -0.2) is 4.79 Å². The van der Waals surface area contributed by atoms with E-state index >= 15 is 0 Å². The van der Waals surface area contributed by atoms with Gasteiger partial charge in [0.25, 0.3) is 0 Å². The Bertz CT molecular complexity index is 909. The highest BCUT2D eigenvalue weighted by atomic mass is 31.2. The fourth-order valence-electron chi connectivity index (χ4n) is 1.92. The number of carbonyl (C=O) groups excluding carboxylic acids is 2. The summed E-state index contributed by atoms with van der Waals surface area (Å²) in [5.41, 5.74) is 0. The van der Waals surface area contributed by atoms with E-state index in [0.717, 1.165) is 7.11 Å². The summed E-state index contributed by atoms with van der Waals surface area (Å²) in [4.78, 5) is 24.4. The van der Waals surface area contributed by atoms with Gasteiger partial charge in [0.1, 0.15) is 26.4 Å². The second-order valence-electron chi connectivity index (χ2n) is 5.22. The van der Waals surface area contributed by atoms with Crippen molar-refractivity contribution in [3.63, 3.8) is 0 Å². The number of methoxy groups -OCH3 is 1. The molecular formula is C17H17BO12P2. The SMILES string of the molecule is C#CCOP(=O)(OCC#C)C(OB1OC(=O)C(P(=O)(OCC#C)OCC#C)O1)C(=O)OC. The molecule has 1 aliphatic heterocycles. The van der Waals surface area contributed by atoms with Gasteiger partial charge < -0.3 is 18.7 Å². The predicted molar refractivity (Wildman–Crippen MR) is 108 cm³/mol. The van der Waals surface area contributed by atoms with Gasteiger partial charge in [-0.2, -0.15) is 0 Å². The monoisotopic (exact) mass is 486 g/mol. The molecule has 0 bridgehead atoms. The molecule has 32 heavy (non-hydrogen) atoms. The van der Waals surface area contributed by atoms with Crippen LogP contribution in [0.3, 0.4) is 0 Å². The Labute approximate surface area is 185 Å². The smallest absolute Gasteiger partial charge is 0.482 e. The lowest BCUT2D eigenvalue weighted by Crippen LogP contribution is -2.35. The second-order valence-corrected chi connectivity index (χ2v) is 9.35. The molecule has 2 atom stereocenters. The largest absolute Gasteiger partial charge is 0.717 e. The maximum Gasteiger partial charge on any atom is 0.717 e. The van der Waals surface area contributed by atoms with Crippen molar-refractivity contribution in [1.29, 1.82) is 0 Å². The van der Waals surface area contributed by atoms with Crippen LogP contribution in [0.25, 0.3) is 0 Å². The molecule has 0 aliphatic carbocycles. The first-order valence-electron chi connectivity index (χ1n) is 8.32. The van der Waals surface area contributed by atoms with Crippen molar-refractivity contribution in [3.05, 3.63) is 0 Å². The summed E-state index contributed by atoms with van der Waals surface area (Å²) in [6.07, 6.45) is 20.3. The quantitative estimate of drug-likeness (QED) is 0.154. The molecule has 0 aromatic rings. The molecule has 1 aliphatic rings. The molecule has 0 N–H and O–H groups in total. The molecule has 170 valence electrons. The van der Waals surface area contributed by atoms with Crippen LogP contribution in [0.4, 0.5) is 0 Å². The Hall–Kier alpha value is -2.54. The van der Waals surface area contributed by atoms with E-state index in [1.54, 1.807) is 0 Å². The molecule has 0 aromatic carbocycles. The van der Waals surface area contributed by atoms with Crippen LogP contribution in [-0.2, 0) is 55.5 Å². The van der Waals surface area contributed by atoms with E-state index < -0.39 is 72.6 Å². The van der Waals surface area contributed by atoms with E-state index in [1.807, 2.05) is 23.7 Å². The molecule has 0 aromatic heterocycles. The van der Waals surface area contributed by atoms with Crippen molar-refractivity contribution in [3.8, 4) is 49.4 Å². The lowest BCUT2D eigenvalue weighted by Gasteiger charge is -2.24. The van der Waals surface area contributed by atoms with Crippen molar-refractivity contribution >= 4 is 34.5 Å². The first kappa shape index (κ1) is 27.5. The summed E-state index contributed by atoms with van der Waals surface area (Å²) in [5, 5.41) is 0. The molecule has 1 rings (SSSR count). The molecule has 0 saturated carbocycles. The third-order valence-electron chi connectivity index (χ3n) is 3.18. The average molecular weight is 486 g/mol. The minimum Gasteiger partial charge on any atom is -0.482 e. The fraction of sp³-hybridized carbons (Fsp3) is 0.412. The first-order valence-corrected chi connectivity index (χ1v) is 11.5. The highest BCUT2D eigenvalue weighted by Gasteiger charge is 2.57. The van der Waals surface area contributed by atoms with Gasteiger partial charge in [0.2, 0.25) is 11.7 Å². The maximum absolute atomic E-state index is 13.1. The number of hydrogen-bond donors (Lipinski definition) is 0. The summed E-state index contributed by atoms with van der Waals surface area (Å²) in [6.45, 7) is -2.19. The van der Waals surface area contributed by atoms with Gasteiger partial charge in [-0.05, 0) is 0 Å². The molecule has 1 heterocycles. The zero-order valence-electron chi connectivity index (χ0n) is 16.7. The molecular weight excluding hydrogens is 469 g/mol. The van der Waals surface area contributed by atoms with Crippen molar-refractivity contribution in [2.24, 2.45) is 0 Å². The number of carbonyl (C=O) groups is 2. The third kappa shape index (κ3) is 7.26. The normalized spacial score (nSPS) is 16.7. The fourth-order valence-corrected chi connectivity index (χ4v) is 4.81. The number of hydrogen-bond acceptors (Lipinski definition) is 12. The Kier molecular flexibility index (Phi) is 11.3. The third-order valence-corrected chi connectivity index (χ3v) is 6.95. The highest BCUT2D eigenvalue weighted by molar-refractivity contribution is 7.56. The van der Waals surface area contributed by atoms with Crippen molar-refractivity contribution in [1.82, 2.24) is 0 Å². The zero-order valence-corrected chi connectivity index (χ0v) is 18.5. The minimum atomic E-state index is -4.54. The van der Waals surface area contributed by atoms with Crippen LogP contribution in [0.1, 0.15) is 0 Å². The average Bonchev–Trinajstić information content (AvgIpc) is 3.17. The van der Waals surface area contributed by atoms with E-state index in [2.05, 4.69) is 4.74 Å². The molecule has 0 radical (unpaired) electrons. The maximum atomic E-state index is 13.1. The summed E-state index contributed by atoms with van der Waals surface area (Å²) in [6, 6.07) is 0. The van der Waals surface area contributed by atoms with E-state index in [-0.39, 0.29) is 0 Å². The highest BCUT2D eigenvalue weighted by Crippen LogP contribution is 2.57. The van der Waals surface area contributed by atoms with E-state index in [9.17, 15) is 18.7 Å². The van der Waals surface area contributed by atoms with Crippen LogP contribution < -0.4 is 0 Å². The molecule has 2 unspecified atom stereocenters. The van der Waals surface area contributed by atoms with Gasteiger partial charge in [0, 0.05) is 0 Å². The topological polar surface area (TPSA) is 142 Å². The lowest BCUT2D eigenvalue weighted by molar-refractivity contribution is -0.147. The summed E-state index contributed by atoms with van der Waals surface area (Å²) >= 11 is 0. The predicted octanol–water partition coefficient (Wildman–Crippen LogP) is 0.372. The van der Waals surface area contributed by atoms with Crippen molar-refractivity contribution in [2.45, 2.75) is 11.7 Å². The van der Waals surface area contributed by atoms with Gasteiger partial charge in [0.05, 0.1) is 7.11 Å². The first-order chi connectivity index (χ1) is 15.2. The Morgan fingerprint density at radius 1 is 1.00 bits per heavy atom. The standard InChI is InChI=1S/C17H17BO12P2/c1-6-10-24-31(21,25-11-7-2)16(14(19)23-5)29-18-28-15(20)17(30-18)32(22,26-12-8-3)27-13-9-4/h1-4,16-17H,10-13H2,5H3. The van der Waals surface area contributed by atoms with Crippen LogP contribution in [0.2, 0.25) is 0 Å². The molecule has 1 saturated heterocycles. The Balaban J connectivity index is 3.15. The summed E-state index contributed by atoms with van der Waals surface area (Å²) < 4.78 is 65.1. The molecule has 15 heteroatoms. The van der Waals surface area contributed by atoms with Gasteiger partial charge in [0.15, 0.2) is 0 Å². The van der Waals surface area contributed by atoms with Crippen LogP contribution >= 0.6 is 15.2 Å². The van der Waals surface area contributed by atoms with E-state index in [4.69, 9.17) is 57.8 Å². The van der Waals surface area contributed by atoms with Gasteiger partial charge >= 0.3 is 34.5 Å². The van der Waals surface area contributed by atoms with Gasteiger partial charge in [-0.15, -0.1) is 25.7 Å².